The maximum atomic E-state index is 12.8. The summed E-state index contributed by atoms with van der Waals surface area (Å²) in [4.78, 5) is 27.4. The van der Waals surface area contributed by atoms with E-state index in [1.807, 2.05) is 19.1 Å². The van der Waals surface area contributed by atoms with Gasteiger partial charge >= 0.3 is 0 Å². The van der Waals surface area contributed by atoms with Gasteiger partial charge in [-0.3, -0.25) is 9.59 Å². The lowest BCUT2D eigenvalue weighted by Crippen LogP contribution is -2.50. The molecule has 6 nitrogen and oxygen atoms in total. The number of carbonyl (C=O) groups is 2. The zero-order valence-corrected chi connectivity index (χ0v) is 16.3. The van der Waals surface area contributed by atoms with Crippen LogP contribution in [0.5, 0.6) is 0 Å². The molecule has 1 aromatic carbocycles. The number of hydrogen-bond acceptors (Lipinski definition) is 5. The summed E-state index contributed by atoms with van der Waals surface area (Å²) in [5, 5.41) is 0. The minimum atomic E-state index is -3.63. The number of amides is 1. The molecule has 1 aromatic heterocycles. The molecule has 0 atom stereocenters. The van der Waals surface area contributed by atoms with Crippen molar-refractivity contribution in [2.24, 2.45) is 0 Å². The van der Waals surface area contributed by atoms with Crippen molar-refractivity contribution in [3.05, 3.63) is 51.7 Å². The Morgan fingerprint density at radius 1 is 0.962 bits per heavy atom. The number of sulfonamides is 1. The minimum absolute atomic E-state index is 0.0500. The summed E-state index contributed by atoms with van der Waals surface area (Å²) in [7, 11) is -3.63. The second kappa shape index (κ2) is 7.30. The van der Waals surface area contributed by atoms with Crippen LogP contribution in [0.15, 0.2) is 41.3 Å². The molecule has 0 bridgehead atoms. The molecular formula is C18H20N2O4S2. The second-order valence-electron chi connectivity index (χ2n) is 6.19. The van der Waals surface area contributed by atoms with Gasteiger partial charge in [0.2, 0.25) is 10.0 Å². The summed E-state index contributed by atoms with van der Waals surface area (Å²) < 4.78 is 26.9. The van der Waals surface area contributed by atoms with Crippen LogP contribution in [0.3, 0.4) is 0 Å². The SMILES string of the molecule is CC(=O)c1ccc(S(=O)(=O)N2CCN(C(=O)c3ccc(C)s3)CC2)cc1. The van der Waals surface area contributed by atoms with Crippen molar-refractivity contribution in [1.82, 2.24) is 9.21 Å². The summed E-state index contributed by atoms with van der Waals surface area (Å²) in [6.45, 7) is 4.62. The summed E-state index contributed by atoms with van der Waals surface area (Å²) >= 11 is 1.45. The molecule has 1 fully saturated rings. The Balaban J connectivity index is 1.68. The first-order chi connectivity index (χ1) is 12.3. The Hall–Kier alpha value is -2.03. The molecule has 1 aliphatic heterocycles. The number of benzene rings is 1. The highest BCUT2D eigenvalue weighted by Crippen LogP contribution is 2.21. The lowest BCUT2D eigenvalue weighted by molar-refractivity contribution is 0.0702. The molecule has 2 aromatic rings. The van der Waals surface area contributed by atoms with Crippen LogP contribution >= 0.6 is 11.3 Å². The quantitative estimate of drug-likeness (QED) is 0.749. The average molecular weight is 393 g/mol. The molecule has 1 amide bonds. The third-order valence-corrected chi connectivity index (χ3v) is 7.28. The zero-order chi connectivity index (χ0) is 18.9. The smallest absolute Gasteiger partial charge is 0.264 e. The fourth-order valence-corrected chi connectivity index (χ4v) is 5.11. The Labute approximate surface area is 157 Å². The number of carbonyl (C=O) groups excluding carboxylic acids is 2. The van der Waals surface area contributed by atoms with Crippen LogP contribution < -0.4 is 0 Å². The molecule has 8 heteroatoms. The number of Topliss-reactive ketones (excluding diaryl/α,β-unsaturated/α-hetero) is 1. The lowest BCUT2D eigenvalue weighted by atomic mass is 10.2. The second-order valence-corrected chi connectivity index (χ2v) is 9.41. The predicted molar refractivity (Wildman–Crippen MR) is 100 cm³/mol. The normalized spacial score (nSPS) is 15.8. The number of hydrogen-bond donors (Lipinski definition) is 0. The first-order valence-corrected chi connectivity index (χ1v) is 10.5. The number of aryl methyl sites for hydroxylation is 1. The maximum Gasteiger partial charge on any atom is 0.264 e. The van der Waals surface area contributed by atoms with Crippen LogP contribution in [0.4, 0.5) is 0 Å². The van der Waals surface area contributed by atoms with Gasteiger partial charge in [-0.2, -0.15) is 4.31 Å². The molecule has 1 aliphatic rings. The predicted octanol–water partition coefficient (Wildman–Crippen LogP) is 2.41. The van der Waals surface area contributed by atoms with E-state index in [9.17, 15) is 18.0 Å². The van der Waals surface area contributed by atoms with Gasteiger partial charge in [-0.05, 0) is 38.1 Å². The fourth-order valence-electron chi connectivity index (χ4n) is 2.85. The van der Waals surface area contributed by atoms with Gasteiger partial charge in [0.25, 0.3) is 5.91 Å². The molecule has 2 heterocycles. The van der Waals surface area contributed by atoms with Gasteiger partial charge in [0.1, 0.15) is 0 Å². The molecule has 0 N–H and O–H groups in total. The highest BCUT2D eigenvalue weighted by molar-refractivity contribution is 7.89. The van der Waals surface area contributed by atoms with Gasteiger partial charge in [0.05, 0.1) is 9.77 Å². The molecule has 0 saturated carbocycles. The summed E-state index contributed by atoms with van der Waals surface area (Å²) in [5.41, 5.74) is 0.477. The van der Waals surface area contributed by atoms with Gasteiger partial charge in [-0.15, -0.1) is 11.3 Å². The van der Waals surface area contributed by atoms with E-state index in [4.69, 9.17) is 0 Å². The number of rotatable bonds is 4. The maximum absolute atomic E-state index is 12.8. The summed E-state index contributed by atoms with van der Waals surface area (Å²) in [6, 6.07) is 9.67. The molecule has 0 unspecified atom stereocenters. The van der Waals surface area contributed by atoms with Crippen molar-refractivity contribution < 1.29 is 18.0 Å². The fraction of sp³-hybridized carbons (Fsp3) is 0.333. The average Bonchev–Trinajstić information content (AvgIpc) is 3.07. The van der Waals surface area contributed by atoms with Gasteiger partial charge in [0, 0.05) is 36.6 Å². The van der Waals surface area contributed by atoms with Crippen molar-refractivity contribution in [2.45, 2.75) is 18.7 Å². The molecule has 0 spiro atoms. The molecule has 0 radical (unpaired) electrons. The molecule has 138 valence electrons. The Morgan fingerprint density at radius 2 is 1.58 bits per heavy atom. The number of ketones is 1. The Morgan fingerprint density at radius 3 is 2.08 bits per heavy atom. The van der Waals surface area contributed by atoms with Crippen LogP contribution in [0.2, 0.25) is 0 Å². The monoisotopic (exact) mass is 392 g/mol. The van der Waals surface area contributed by atoms with Crippen LogP contribution in [0.25, 0.3) is 0 Å². The van der Waals surface area contributed by atoms with Gasteiger partial charge in [0.15, 0.2) is 5.78 Å². The highest BCUT2D eigenvalue weighted by Gasteiger charge is 2.30. The lowest BCUT2D eigenvalue weighted by Gasteiger charge is -2.33. The van der Waals surface area contributed by atoms with Crippen molar-refractivity contribution in [1.29, 1.82) is 0 Å². The van der Waals surface area contributed by atoms with E-state index in [-0.39, 0.29) is 29.7 Å². The molecule has 0 aliphatic carbocycles. The van der Waals surface area contributed by atoms with Crippen molar-refractivity contribution in [3.8, 4) is 0 Å². The van der Waals surface area contributed by atoms with Crippen LogP contribution in [0, 0.1) is 6.92 Å². The summed E-state index contributed by atoms with van der Waals surface area (Å²) in [6.07, 6.45) is 0. The molecule has 3 rings (SSSR count). The van der Waals surface area contributed by atoms with E-state index in [2.05, 4.69) is 0 Å². The number of thiophene rings is 1. The van der Waals surface area contributed by atoms with E-state index >= 15 is 0 Å². The third kappa shape index (κ3) is 3.72. The van der Waals surface area contributed by atoms with E-state index < -0.39 is 10.0 Å². The van der Waals surface area contributed by atoms with Crippen molar-refractivity contribution >= 4 is 33.1 Å². The summed E-state index contributed by atoms with van der Waals surface area (Å²) in [5.74, 6) is -0.157. The Kier molecular flexibility index (Phi) is 5.27. The van der Waals surface area contributed by atoms with E-state index in [0.29, 0.717) is 23.5 Å². The Bertz CT molecular complexity index is 924. The van der Waals surface area contributed by atoms with Crippen LogP contribution in [0.1, 0.15) is 31.8 Å². The highest BCUT2D eigenvalue weighted by atomic mass is 32.2. The van der Waals surface area contributed by atoms with Gasteiger partial charge in [-0.25, -0.2) is 8.42 Å². The molecule has 26 heavy (non-hydrogen) atoms. The third-order valence-electron chi connectivity index (χ3n) is 4.38. The standard InChI is InChI=1S/C18H20N2O4S2/c1-13-3-8-17(25-13)18(22)19-9-11-20(12-10-19)26(23,24)16-6-4-15(5-7-16)14(2)21/h3-8H,9-12H2,1-2H3. The zero-order valence-electron chi connectivity index (χ0n) is 14.6. The molecular weight excluding hydrogens is 372 g/mol. The van der Waals surface area contributed by atoms with Gasteiger partial charge < -0.3 is 4.90 Å². The van der Waals surface area contributed by atoms with Crippen molar-refractivity contribution in [2.75, 3.05) is 26.2 Å². The van der Waals surface area contributed by atoms with Crippen LogP contribution in [-0.4, -0.2) is 55.5 Å². The largest absolute Gasteiger partial charge is 0.335 e. The van der Waals surface area contributed by atoms with E-state index in [1.54, 1.807) is 4.90 Å². The molecule has 1 saturated heterocycles. The first-order valence-electron chi connectivity index (χ1n) is 8.26. The van der Waals surface area contributed by atoms with E-state index in [0.717, 1.165) is 4.88 Å². The minimum Gasteiger partial charge on any atom is -0.335 e. The van der Waals surface area contributed by atoms with Crippen molar-refractivity contribution in [3.63, 3.8) is 0 Å². The van der Waals surface area contributed by atoms with Crippen LogP contribution in [-0.2, 0) is 10.0 Å². The first kappa shape index (κ1) is 18.8. The number of nitrogens with zero attached hydrogens (tertiary/aromatic N) is 2. The number of piperazine rings is 1. The van der Waals surface area contributed by atoms with Gasteiger partial charge in [-0.1, -0.05) is 12.1 Å². The van der Waals surface area contributed by atoms with E-state index in [1.165, 1.54) is 46.8 Å². The topological polar surface area (TPSA) is 74.8 Å².